The van der Waals surface area contributed by atoms with Gasteiger partial charge in [0, 0.05) is 19.8 Å². The molecule has 74 valence electrons. The third kappa shape index (κ3) is 7.98. The molecule has 0 spiro atoms. The second kappa shape index (κ2) is 8.97. The molecule has 1 unspecified atom stereocenters. The molecule has 0 saturated heterocycles. The van der Waals surface area contributed by atoms with E-state index in [0.717, 1.165) is 13.0 Å². The molecule has 0 rings (SSSR count). The normalized spacial score (nSPS) is 13.2. The summed E-state index contributed by atoms with van der Waals surface area (Å²) in [5, 5.41) is 9.27. The topological polar surface area (TPSA) is 38.7 Å². The zero-order valence-electron chi connectivity index (χ0n) is 8.08. The standard InChI is InChI=1S/C9H20O3/c1-3-6-12-7-5-9(10)8-11-4-2/h9-10H,3-8H2,1-2H3. The van der Waals surface area contributed by atoms with Crippen LogP contribution in [0.2, 0.25) is 0 Å². The van der Waals surface area contributed by atoms with E-state index in [2.05, 4.69) is 6.92 Å². The van der Waals surface area contributed by atoms with Crippen LogP contribution in [0.4, 0.5) is 0 Å². The van der Waals surface area contributed by atoms with Gasteiger partial charge in [0.05, 0.1) is 12.7 Å². The zero-order chi connectivity index (χ0) is 9.23. The molecular weight excluding hydrogens is 156 g/mol. The van der Waals surface area contributed by atoms with E-state index >= 15 is 0 Å². The Balaban J connectivity index is 3.02. The SMILES string of the molecule is CCCOCCC(O)COCC. The molecule has 0 bridgehead atoms. The van der Waals surface area contributed by atoms with Crippen LogP contribution >= 0.6 is 0 Å². The number of aliphatic hydroxyl groups is 1. The second-order valence-electron chi connectivity index (χ2n) is 2.71. The molecule has 0 aliphatic heterocycles. The van der Waals surface area contributed by atoms with Gasteiger partial charge in [-0.25, -0.2) is 0 Å². The van der Waals surface area contributed by atoms with Gasteiger partial charge in [0.2, 0.25) is 0 Å². The Hall–Kier alpha value is -0.120. The van der Waals surface area contributed by atoms with Crippen molar-refractivity contribution in [1.82, 2.24) is 0 Å². The molecule has 0 radical (unpaired) electrons. The number of hydrogen-bond acceptors (Lipinski definition) is 3. The van der Waals surface area contributed by atoms with Crippen molar-refractivity contribution in [2.24, 2.45) is 0 Å². The van der Waals surface area contributed by atoms with Gasteiger partial charge in [-0.2, -0.15) is 0 Å². The van der Waals surface area contributed by atoms with Crippen LogP contribution in [0.3, 0.4) is 0 Å². The van der Waals surface area contributed by atoms with E-state index in [1.54, 1.807) is 0 Å². The largest absolute Gasteiger partial charge is 0.391 e. The van der Waals surface area contributed by atoms with Gasteiger partial charge in [-0.05, 0) is 19.8 Å². The first kappa shape index (κ1) is 11.9. The third-order valence-electron chi connectivity index (χ3n) is 1.46. The summed E-state index contributed by atoms with van der Waals surface area (Å²) >= 11 is 0. The van der Waals surface area contributed by atoms with Gasteiger partial charge in [0.1, 0.15) is 0 Å². The maximum atomic E-state index is 9.27. The van der Waals surface area contributed by atoms with Crippen molar-refractivity contribution in [3.63, 3.8) is 0 Å². The summed E-state index contributed by atoms with van der Waals surface area (Å²) in [6.07, 6.45) is 1.32. The Morgan fingerprint density at radius 2 is 1.92 bits per heavy atom. The Morgan fingerprint density at radius 1 is 1.17 bits per heavy atom. The molecule has 0 aliphatic rings. The third-order valence-corrected chi connectivity index (χ3v) is 1.46. The first-order valence-electron chi connectivity index (χ1n) is 4.64. The van der Waals surface area contributed by atoms with Gasteiger partial charge in [-0.1, -0.05) is 6.92 Å². The lowest BCUT2D eigenvalue weighted by Gasteiger charge is -2.09. The molecule has 0 aromatic heterocycles. The van der Waals surface area contributed by atoms with Crippen molar-refractivity contribution in [2.75, 3.05) is 26.4 Å². The minimum atomic E-state index is -0.373. The highest BCUT2D eigenvalue weighted by molar-refractivity contribution is 4.52. The van der Waals surface area contributed by atoms with Crippen LogP contribution in [0.5, 0.6) is 0 Å². The average Bonchev–Trinajstić information content (AvgIpc) is 2.09. The van der Waals surface area contributed by atoms with Crippen LogP contribution < -0.4 is 0 Å². The summed E-state index contributed by atoms with van der Waals surface area (Å²) in [6, 6.07) is 0. The molecule has 0 saturated carbocycles. The van der Waals surface area contributed by atoms with Crippen molar-refractivity contribution >= 4 is 0 Å². The van der Waals surface area contributed by atoms with Gasteiger partial charge < -0.3 is 14.6 Å². The van der Waals surface area contributed by atoms with Gasteiger partial charge in [-0.3, -0.25) is 0 Å². The molecule has 0 aliphatic carbocycles. The van der Waals surface area contributed by atoms with E-state index in [-0.39, 0.29) is 6.10 Å². The molecule has 3 nitrogen and oxygen atoms in total. The minimum Gasteiger partial charge on any atom is -0.391 e. The fourth-order valence-corrected chi connectivity index (χ4v) is 0.803. The van der Waals surface area contributed by atoms with E-state index in [1.807, 2.05) is 6.92 Å². The van der Waals surface area contributed by atoms with Crippen LogP contribution in [0, 0.1) is 0 Å². The van der Waals surface area contributed by atoms with E-state index in [4.69, 9.17) is 9.47 Å². The van der Waals surface area contributed by atoms with E-state index < -0.39 is 0 Å². The number of ether oxygens (including phenoxy) is 2. The smallest absolute Gasteiger partial charge is 0.0795 e. The van der Waals surface area contributed by atoms with Crippen molar-refractivity contribution in [1.29, 1.82) is 0 Å². The lowest BCUT2D eigenvalue weighted by molar-refractivity contribution is 0.0176. The van der Waals surface area contributed by atoms with Gasteiger partial charge in [0.25, 0.3) is 0 Å². The quantitative estimate of drug-likeness (QED) is 0.565. The number of aliphatic hydroxyl groups excluding tert-OH is 1. The molecule has 0 aromatic rings. The zero-order valence-corrected chi connectivity index (χ0v) is 8.08. The summed E-state index contributed by atoms with van der Waals surface area (Å²) in [5.74, 6) is 0. The van der Waals surface area contributed by atoms with Crippen LogP contribution in [-0.4, -0.2) is 37.6 Å². The first-order valence-corrected chi connectivity index (χ1v) is 4.64. The summed E-state index contributed by atoms with van der Waals surface area (Å²) in [6.45, 7) is 6.47. The molecule has 0 amide bonds. The van der Waals surface area contributed by atoms with Crippen LogP contribution in [0.15, 0.2) is 0 Å². The summed E-state index contributed by atoms with van der Waals surface area (Å²) in [4.78, 5) is 0. The van der Waals surface area contributed by atoms with E-state index in [1.165, 1.54) is 0 Å². The minimum absolute atomic E-state index is 0.373. The first-order chi connectivity index (χ1) is 5.81. The van der Waals surface area contributed by atoms with Crippen LogP contribution in [0.1, 0.15) is 26.7 Å². The fourth-order valence-electron chi connectivity index (χ4n) is 0.803. The molecule has 1 N–H and O–H groups in total. The molecule has 1 atom stereocenters. The lowest BCUT2D eigenvalue weighted by atomic mass is 10.3. The molecular formula is C9H20O3. The highest BCUT2D eigenvalue weighted by atomic mass is 16.5. The van der Waals surface area contributed by atoms with Crippen molar-refractivity contribution in [3.8, 4) is 0 Å². The highest BCUT2D eigenvalue weighted by Crippen LogP contribution is 1.94. The molecule has 0 aromatic carbocycles. The summed E-state index contributed by atoms with van der Waals surface area (Å²) in [7, 11) is 0. The number of hydrogen-bond donors (Lipinski definition) is 1. The average molecular weight is 176 g/mol. The fraction of sp³-hybridized carbons (Fsp3) is 1.00. The highest BCUT2D eigenvalue weighted by Gasteiger charge is 2.02. The van der Waals surface area contributed by atoms with Crippen molar-refractivity contribution in [2.45, 2.75) is 32.8 Å². The predicted octanol–water partition coefficient (Wildman–Crippen LogP) is 1.20. The maximum absolute atomic E-state index is 9.27. The van der Waals surface area contributed by atoms with Crippen LogP contribution in [0.25, 0.3) is 0 Å². The lowest BCUT2D eigenvalue weighted by Crippen LogP contribution is -2.17. The molecule has 12 heavy (non-hydrogen) atoms. The van der Waals surface area contributed by atoms with Crippen LogP contribution in [-0.2, 0) is 9.47 Å². The Bertz CT molecular complexity index is 85.8. The monoisotopic (exact) mass is 176 g/mol. The predicted molar refractivity (Wildman–Crippen MR) is 48.2 cm³/mol. The maximum Gasteiger partial charge on any atom is 0.0795 e. The number of rotatable bonds is 8. The Kier molecular flexibility index (Phi) is 8.88. The molecule has 0 heterocycles. The Morgan fingerprint density at radius 3 is 2.50 bits per heavy atom. The second-order valence-corrected chi connectivity index (χ2v) is 2.71. The summed E-state index contributed by atoms with van der Waals surface area (Å²) in [5.41, 5.74) is 0. The van der Waals surface area contributed by atoms with Gasteiger partial charge in [0.15, 0.2) is 0 Å². The van der Waals surface area contributed by atoms with Crippen molar-refractivity contribution < 1.29 is 14.6 Å². The van der Waals surface area contributed by atoms with Gasteiger partial charge in [-0.15, -0.1) is 0 Å². The molecule has 3 heteroatoms. The molecule has 0 fully saturated rings. The van der Waals surface area contributed by atoms with E-state index in [9.17, 15) is 5.11 Å². The van der Waals surface area contributed by atoms with Gasteiger partial charge >= 0.3 is 0 Å². The summed E-state index contributed by atoms with van der Waals surface area (Å²) < 4.78 is 10.3. The van der Waals surface area contributed by atoms with Crippen molar-refractivity contribution in [3.05, 3.63) is 0 Å². The van der Waals surface area contributed by atoms with E-state index in [0.29, 0.717) is 26.2 Å². The Labute approximate surface area is 74.7 Å².